The normalized spacial score (nSPS) is 35.1. The van der Waals surface area contributed by atoms with Gasteiger partial charge in [-0.1, -0.05) is 0 Å². The smallest absolute Gasteiger partial charge is 0.0951 e. The highest BCUT2D eigenvalue weighted by atomic mass is 16.6. The summed E-state index contributed by atoms with van der Waals surface area (Å²) < 4.78 is 11.4. The molecule has 3 atom stereocenters. The van der Waals surface area contributed by atoms with Crippen LogP contribution in [0.3, 0.4) is 0 Å². The van der Waals surface area contributed by atoms with E-state index in [1.807, 2.05) is 0 Å². The van der Waals surface area contributed by atoms with Crippen LogP contribution in [0.5, 0.6) is 0 Å². The average Bonchev–Trinajstić information content (AvgIpc) is 2.76. The maximum Gasteiger partial charge on any atom is 0.0951 e. The van der Waals surface area contributed by atoms with Gasteiger partial charge in [-0.2, -0.15) is 5.26 Å². The largest absolute Gasteiger partial charge is 0.378 e. The van der Waals surface area contributed by atoms with E-state index in [4.69, 9.17) is 14.7 Å². The molecule has 2 aliphatic heterocycles. The highest BCUT2D eigenvalue weighted by molar-refractivity contribution is 4.94. The molecule has 0 bridgehead atoms. The van der Waals surface area contributed by atoms with E-state index in [0.717, 1.165) is 39.1 Å². The van der Waals surface area contributed by atoms with Crippen LogP contribution in [0.4, 0.5) is 0 Å². The summed E-state index contributed by atoms with van der Waals surface area (Å²) in [5.74, 6) is 0. The van der Waals surface area contributed by atoms with Crippen molar-refractivity contribution in [2.75, 3.05) is 26.9 Å². The van der Waals surface area contributed by atoms with Crippen LogP contribution in [0, 0.1) is 11.3 Å². The predicted molar refractivity (Wildman–Crippen MR) is 64.6 cm³/mol. The Morgan fingerprint density at radius 2 is 2.35 bits per heavy atom. The Morgan fingerprint density at radius 3 is 3.00 bits per heavy atom. The highest BCUT2D eigenvalue weighted by Crippen LogP contribution is 2.34. The third kappa shape index (κ3) is 2.79. The number of hydrogen-bond donors (Lipinski definition) is 0. The maximum atomic E-state index is 8.77. The van der Waals surface area contributed by atoms with Crippen LogP contribution in [-0.4, -0.2) is 49.5 Å². The molecule has 0 aromatic rings. The van der Waals surface area contributed by atoms with E-state index in [0.29, 0.717) is 18.5 Å². The Labute approximate surface area is 103 Å². The third-order valence-electron chi connectivity index (χ3n) is 4.19. The standard InChI is InChI=1S/C13H22N2O2/c1-11(3-6-14)15(2)12-4-7-17-13(9-12)5-8-16-10-13/h11-12H,3-5,7-10H2,1-2H3. The van der Waals surface area contributed by atoms with Gasteiger partial charge in [0.15, 0.2) is 0 Å². The monoisotopic (exact) mass is 238 g/mol. The molecule has 0 amide bonds. The lowest BCUT2D eigenvalue weighted by Crippen LogP contribution is -2.50. The lowest BCUT2D eigenvalue weighted by Gasteiger charge is -2.42. The van der Waals surface area contributed by atoms with Crippen LogP contribution in [0.1, 0.15) is 32.6 Å². The van der Waals surface area contributed by atoms with Gasteiger partial charge in [0.1, 0.15) is 0 Å². The van der Waals surface area contributed by atoms with E-state index < -0.39 is 0 Å². The van der Waals surface area contributed by atoms with Crippen LogP contribution in [-0.2, 0) is 9.47 Å². The van der Waals surface area contributed by atoms with Crippen molar-refractivity contribution in [1.82, 2.24) is 4.90 Å². The first kappa shape index (κ1) is 12.8. The van der Waals surface area contributed by atoms with Crippen molar-refractivity contribution < 1.29 is 9.47 Å². The van der Waals surface area contributed by atoms with Gasteiger partial charge in [-0.15, -0.1) is 0 Å². The Bertz CT molecular complexity index is 294. The van der Waals surface area contributed by atoms with Crippen LogP contribution in [0.15, 0.2) is 0 Å². The van der Waals surface area contributed by atoms with Gasteiger partial charge in [-0.05, 0) is 26.8 Å². The first-order chi connectivity index (χ1) is 8.17. The van der Waals surface area contributed by atoms with E-state index >= 15 is 0 Å². The van der Waals surface area contributed by atoms with E-state index in [-0.39, 0.29) is 5.60 Å². The van der Waals surface area contributed by atoms with E-state index in [9.17, 15) is 0 Å². The zero-order valence-corrected chi connectivity index (χ0v) is 10.8. The summed E-state index contributed by atoms with van der Waals surface area (Å²) in [6.07, 6.45) is 3.72. The molecule has 1 spiro atoms. The maximum absolute atomic E-state index is 8.77. The van der Waals surface area contributed by atoms with Gasteiger partial charge in [-0.25, -0.2) is 0 Å². The minimum atomic E-state index is -0.0382. The fourth-order valence-electron chi connectivity index (χ4n) is 2.85. The van der Waals surface area contributed by atoms with E-state index in [2.05, 4.69) is 24.9 Å². The molecule has 0 saturated carbocycles. The lowest BCUT2D eigenvalue weighted by molar-refractivity contribution is -0.107. The molecule has 96 valence electrons. The van der Waals surface area contributed by atoms with E-state index in [1.165, 1.54) is 0 Å². The van der Waals surface area contributed by atoms with Gasteiger partial charge in [-0.3, -0.25) is 4.90 Å². The molecule has 0 aliphatic carbocycles. The molecule has 0 radical (unpaired) electrons. The van der Waals surface area contributed by atoms with Gasteiger partial charge in [0, 0.05) is 31.7 Å². The fraction of sp³-hybridized carbons (Fsp3) is 0.923. The first-order valence-electron chi connectivity index (χ1n) is 6.47. The number of nitrogens with zero attached hydrogens (tertiary/aromatic N) is 2. The molecule has 2 fully saturated rings. The van der Waals surface area contributed by atoms with Crippen molar-refractivity contribution in [1.29, 1.82) is 5.26 Å². The molecular weight excluding hydrogens is 216 g/mol. The number of nitriles is 1. The van der Waals surface area contributed by atoms with Gasteiger partial charge in [0.2, 0.25) is 0 Å². The van der Waals surface area contributed by atoms with Crippen molar-refractivity contribution in [2.24, 2.45) is 0 Å². The van der Waals surface area contributed by atoms with Crippen LogP contribution < -0.4 is 0 Å². The minimum Gasteiger partial charge on any atom is -0.378 e. The number of rotatable bonds is 3. The summed E-state index contributed by atoms with van der Waals surface area (Å²) in [6.45, 7) is 4.50. The first-order valence-corrected chi connectivity index (χ1v) is 6.47. The van der Waals surface area contributed by atoms with Crippen LogP contribution >= 0.6 is 0 Å². The minimum absolute atomic E-state index is 0.0382. The van der Waals surface area contributed by atoms with E-state index in [1.54, 1.807) is 0 Å². The van der Waals surface area contributed by atoms with Crippen LogP contribution in [0.25, 0.3) is 0 Å². The Kier molecular flexibility index (Phi) is 4.03. The summed E-state index contributed by atoms with van der Waals surface area (Å²) in [6, 6.07) is 3.09. The number of ether oxygens (including phenoxy) is 2. The van der Waals surface area contributed by atoms with Crippen molar-refractivity contribution in [3.05, 3.63) is 0 Å². The summed E-state index contributed by atoms with van der Waals surface area (Å²) in [4.78, 5) is 2.34. The van der Waals surface area contributed by atoms with Gasteiger partial charge >= 0.3 is 0 Å². The molecule has 2 rings (SSSR count). The van der Waals surface area contributed by atoms with Crippen molar-refractivity contribution >= 4 is 0 Å². The molecule has 17 heavy (non-hydrogen) atoms. The molecule has 0 aromatic heterocycles. The summed E-state index contributed by atoms with van der Waals surface area (Å²) in [7, 11) is 2.13. The summed E-state index contributed by atoms with van der Waals surface area (Å²) in [5, 5.41) is 8.77. The second-order valence-corrected chi connectivity index (χ2v) is 5.36. The highest BCUT2D eigenvalue weighted by Gasteiger charge is 2.42. The summed E-state index contributed by atoms with van der Waals surface area (Å²) in [5.41, 5.74) is -0.0382. The summed E-state index contributed by atoms with van der Waals surface area (Å²) >= 11 is 0. The molecule has 0 aromatic carbocycles. The molecule has 4 heteroatoms. The van der Waals surface area contributed by atoms with Crippen molar-refractivity contribution in [3.63, 3.8) is 0 Å². The molecule has 2 aliphatic rings. The Hall–Kier alpha value is -0.630. The quantitative estimate of drug-likeness (QED) is 0.748. The molecule has 0 N–H and O–H groups in total. The fourth-order valence-corrected chi connectivity index (χ4v) is 2.85. The van der Waals surface area contributed by atoms with Gasteiger partial charge in [0.05, 0.1) is 24.7 Å². The third-order valence-corrected chi connectivity index (χ3v) is 4.19. The van der Waals surface area contributed by atoms with Crippen molar-refractivity contribution in [2.45, 2.75) is 50.3 Å². The zero-order chi connectivity index (χ0) is 12.3. The van der Waals surface area contributed by atoms with Gasteiger partial charge < -0.3 is 9.47 Å². The molecular formula is C13H22N2O2. The topological polar surface area (TPSA) is 45.5 Å². The lowest BCUT2D eigenvalue weighted by atomic mass is 9.88. The molecule has 4 nitrogen and oxygen atoms in total. The predicted octanol–water partition coefficient (Wildman–Crippen LogP) is 1.56. The second kappa shape index (κ2) is 5.34. The molecule has 2 saturated heterocycles. The average molecular weight is 238 g/mol. The van der Waals surface area contributed by atoms with Crippen LogP contribution in [0.2, 0.25) is 0 Å². The SMILES string of the molecule is CC(CC#N)N(C)C1CCOC2(CCOC2)C1. The van der Waals surface area contributed by atoms with Gasteiger partial charge in [0.25, 0.3) is 0 Å². The van der Waals surface area contributed by atoms with Crippen molar-refractivity contribution in [3.8, 4) is 6.07 Å². The number of hydrogen-bond acceptors (Lipinski definition) is 4. The molecule has 2 heterocycles. The zero-order valence-electron chi connectivity index (χ0n) is 10.8. The second-order valence-electron chi connectivity index (χ2n) is 5.36. The Balaban J connectivity index is 1.95. The molecule has 3 unspecified atom stereocenters. The Morgan fingerprint density at radius 1 is 1.53 bits per heavy atom.